The molecule has 0 bridgehead atoms. The highest BCUT2D eigenvalue weighted by Crippen LogP contribution is 2.47. The van der Waals surface area contributed by atoms with Crippen LogP contribution in [0.4, 0.5) is 8.78 Å². The zero-order valence-corrected chi connectivity index (χ0v) is 16.8. The first-order valence-electron chi connectivity index (χ1n) is 10.1. The van der Waals surface area contributed by atoms with Gasteiger partial charge in [-0.05, 0) is 53.6 Å². The fraction of sp³-hybridized carbons (Fsp3) is 0.200. The van der Waals surface area contributed by atoms with Crippen LogP contribution >= 0.6 is 0 Å². The standard InChI is InChI=1S/C25H19F2NO3/c1-28-20-12-11-17(22(16-9-10-16)24(20)31-25(28)30)15-7-5-14(6-8-15)13-21(29)23-18(26)3-2-4-19(23)27/h2-8,11-12,16H,9-10,13H2,1H3. The molecule has 1 aliphatic rings. The predicted octanol–water partition coefficient (Wildman–Crippen LogP) is 5.38. The summed E-state index contributed by atoms with van der Waals surface area (Å²) in [5.74, 6) is -2.34. The van der Waals surface area contributed by atoms with Gasteiger partial charge in [-0.3, -0.25) is 9.36 Å². The van der Waals surface area contributed by atoms with E-state index in [1.807, 2.05) is 24.3 Å². The fourth-order valence-electron chi connectivity index (χ4n) is 4.08. The van der Waals surface area contributed by atoms with Crippen molar-refractivity contribution in [1.29, 1.82) is 0 Å². The molecule has 4 nitrogen and oxygen atoms in total. The normalized spacial score (nSPS) is 13.6. The van der Waals surface area contributed by atoms with E-state index in [2.05, 4.69) is 0 Å². The van der Waals surface area contributed by atoms with Crippen LogP contribution in [0.5, 0.6) is 0 Å². The Kier molecular flexibility index (Phi) is 4.58. The number of rotatable bonds is 5. The molecule has 0 radical (unpaired) electrons. The number of ketones is 1. The molecular weight excluding hydrogens is 400 g/mol. The Balaban J connectivity index is 1.48. The molecule has 0 spiro atoms. The molecule has 6 heteroatoms. The summed E-state index contributed by atoms with van der Waals surface area (Å²) in [6.45, 7) is 0. The lowest BCUT2D eigenvalue weighted by Crippen LogP contribution is -2.09. The lowest BCUT2D eigenvalue weighted by molar-refractivity contribution is 0.0985. The number of Topliss-reactive ketones (excluding diaryl/α,β-unsaturated/α-hetero) is 1. The van der Waals surface area contributed by atoms with E-state index in [4.69, 9.17) is 4.42 Å². The van der Waals surface area contributed by atoms with Crippen molar-refractivity contribution >= 4 is 16.9 Å². The summed E-state index contributed by atoms with van der Waals surface area (Å²) in [5, 5.41) is 0. The first kappa shape index (κ1) is 19.4. The van der Waals surface area contributed by atoms with Gasteiger partial charge in [-0.15, -0.1) is 0 Å². The maximum Gasteiger partial charge on any atom is 0.419 e. The number of aryl methyl sites for hydroxylation is 1. The maximum atomic E-state index is 13.9. The SMILES string of the molecule is Cn1c(=O)oc2c(C3CC3)c(-c3ccc(CC(=O)c4c(F)cccc4F)cc3)ccc21. The predicted molar refractivity (Wildman–Crippen MR) is 113 cm³/mol. The van der Waals surface area contributed by atoms with Crippen LogP contribution in [0.15, 0.2) is 63.8 Å². The van der Waals surface area contributed by atoms with Gasteiger partial charge in [-0.1, -0.05) is 36.4 Å². The summed E-state index contributed by atoms with van der Waals surface area (Å²) in [6.07, 6.45) is 2.00. The van der Waals surface area contributed by atoms with E-state index in [1.165, 1.54) is 10.6 Å². The van der Waals surface area contributed by atoms with Crippen molar-refractivity contribution in [2.24, 2.45) is 7.05 Å². The van der Waals surface area contributed by atoms with E-state index in [0.717, 1.165) is 47.2 Å². The van der Waals surface area contributed by atoms with Crippen LogP contribution in [0.2, 0.25) is 0 Å². The second-order valence-electron chi connectivity index (χ2n) is 7.97. The number of benzene rings is 3. The van der Waals surface area contributed by atoms with E-state index in [-0.39, 0.29) is 12.2 Å². The van der Waals surface area contributed by atoms with E-state index >= 15 is 0 Å². The number of carbonyl (C=O) groups excluding carboxylic acids is 1. The number of aromatic nitrogens is 1. The molecule has 5 rings (SSSR count). The fourth-order valence-corrected chi connectivity index (χ4v) is 4.08. The van der Waals surface area contributed by atoms with Gasteiger partial charge in [-0.2, -0.15) is 0 Å². The zero-order valence-electron chi connectivity index (χ0n) is 16.8. The van der Waals surface area contributed by atoms with Crippen molar-refractivity contribution in [3.63, 3.8) is 0 Å². The van der Waals surface area contributed by atoms with Crippen LogP contribution < -0.4 is 5.76 Å². The average Bonchev–Trinajstić information content (AvgIpc) is 3.54. The highest BCUT2D eigenvalue weighted by atomic mass is 19.1. The van der Waals surface area contributed by atoms with Crippen LogP contribution in [0, 0.1) is 11.6 Å². The summed E-state index contributed by atoms with van der Waals surface area (Å²) in [5.41, 5.74) is 4.51. The molecule has 1 aromatic heterocycles. The highest BCUT2D eigenvalue weighted by molar-refractivity contribution is 5.98. The molecule has 156 valence electrons. The number of halogens is 2. The number of carbonyl (C=O) groups is 1. The molecule has 3 aromatic carbocycles. The van der Waals surface area contributed by atoms with Gasteiger partial charge in [0.2, 0.25) is 0 Å². The Morgan fingerprint density at radius 3 is 2.35 bits per heavy atom. The van der Waals surface area contributed by atoms with Crippen LogP contribution in [-0.2, 0) is 13.5 Å². The molecule has 4 aromatic rings. The monoisotopic (exact) mass is 419 g/mol. The van der Waals surface area contributed by atoms with Crippen molar-refractivity contribution in [1.82, 2.24) is 4.57 Å². The third kappa shape index (κ3) is 3.38. The van der Waals surface area contributed by atoms with Crippen LogP contribution in [-0.4, -0.2) is 10.4 Å². The third-order valence-electron chi connectivity index (χ3n) is 5.86. The third-order valence-corrected chi connectivity index (χ3v) is 5.86. The number of fused-ring (bicyclic) bond motifs is 1. The van der Waals surface area contributed by atoms with E-state index < -0.39 is 23.0 Å². The van der Waals surface area contributed by atoms with Crippen molar-refractivity contribution in [2.45, 2.75) is 25.2 Å². The second-order valence-corrected chi connectivity index (χ2v) is 7.97. The molecule has 31 heavy (non-hydrogen) atoms. The number of oxazole rings is 1. The van der Waals surface area contributed by atoms with Gasteiger partial charge in [0.05, 0.1) is 11.1 Å². The topological polar surface area (TPSA) is 52.2 Å². The number of nitrogens with zero attached hydrogens (tertiary/aromatic N) is 1. The molecular formula is C25H19F2NO3. The minimum atomic E-state index is -0.853. The minimum absolute atomic E-state index is 0.0970. The lowest BCUT2D eigenvalue weighted by Gasteiger charge is -2.11. The number of hydrogen-bond acceptors (Lipinski definition) is 3. The van der Waals surface area contributed by atoms with Crippen molar-refractivity contribution in [2.75, 3.05) is 0 Å². The van der Waals surface area contributed by atoms with Gasteiger partial charge in [0, 0.05) is 19.0 Å². The summed E-state index contributed by atoms with van der Waals surface area (Å²) < 4.78 is 34.8. The van der Waals surface area contributed by atoms with Crippen LogP contribution in [0.1, 0.15) is 40.2 Å². The summed E-state index contributed by atoms with van der Waals surface area (Å²) in [6, 6.07) is 14.6. The quantitative estimate of drug-likeness (QED) is 0.408. The average molecular weight is 419 g/mol. The Morgan fingerprint density at radius 1 is 1.03 bits per heavy atom. The molecule has 0 atom stereocenters. The van der Waals surface area contributed by atoms with Crippen molar-refractivity contribution in [3.05, 3.63) is 93.5 Å². The Bertz CT molecular complexity index is 1360. The van der Waals surface area contributed by atoms with Gasteiger partial charge in [0.25, 0.3) is 0 Å². The summed E-state index contributed by atoms with van der Waals surface area (Å²) in [4.78, 5) is 24.4. The Hall–Kier alpha value is -3.54. The van der Waals surface area contributed by atoms with E-state index in [1.54, 1.807) is 19.2 Å². The minimum Gasteiger partial charge on any atom is -0.407 e. The first-order valence-corrected chi connectivity index (χ1v) is 10.1. The summed E-state index contributed by atoms with van der Waals surface area (Å²) >= 11 is 0. The molecule has 1 fully saturated rings. The van der Waals surface area contributed by atoms with Gasteiger partial charge in [-0.25, -0.2) is 13.6 Å². The second kappa shape index (κ2) is 7.30. The van der Waals surface area contributed by atoms with E-state index in [9.17, 15) is 18.4 Å². The molecule has 1 heterocycles. The highest BCUT2D eigenvalue weighted by Gasteiger charge is 2.31. The Labute approximate surface area is 176 Å². The first-order chi connectivity index (χ1) is 14.9. The smallest absolute Gasteiger partial charge is 0.407 e. The van der Waals surface area contributed by atoms with Crippen molar-refractivity contribution in [3.8, 4) is 11.1 Å². The lowest BCUT2D eigenvalue weighted by atomic mass is 9.94. The maximum absolute atomic E-state index is 13.9. The molecule has 1 aliphatic carbocycles. The molecule has 0 N–H and O–H groups in total. The van der Waals surface area contributed by atoms with Crippen LogP contribution in [0.25, 0.3) is 22.2 Å². The van der Waals surface area contributed by atoms with Gasteiger partial charge < -0.3 is 4.42 Å². The number of hydrogen-bond donors (Lipinski definition) is 0. The van der Waals surface area contributed by atoms with Gasteiger partial charge in [0.1, 0.15) is 11.6 Å². The Morgan fingerprint density at radius 2 is 1.71 bits per heavy atom. The molecule has 0 amide bonds. The molecule has 0 saturated heterocycles. The zero-order chi connectivity index (χ0) is 21.7. The van der Waals surface area contributed by atoms with Gasteiger partial charge >= 0.3 is 5.76 Å². The molecule has 0 unspecified atom stereocenters. The molecule has 1 saturated carbocycles. The van der Waals surface area contributed by atoms with Gasteiger partial charge in [0.15, 0.2) is 11.4 Å². The summed E-state index contributed by atoms with van der Waals surface area (Å²) in [7, 11) is 1.69. The van der Waals surface area contributed by atoms with Crippen LogP contribution in [0.3, 0.4) is 0 Å². The van der Waals surface area contributed by atoms with E-state index in [0.29, 0.717) is 17.1 Å². The largest absolute Gasteiger partial charge is 0.419 e. The molecule has 0 aliphatic heterocycles. The van der Waals surface area contributed by atoms with Crippen molar-refractivity contribution < 1.29 is 18.0 Å².